The Morgan fingerprint density at radius 2 is 1.86 bits per heavy atom. The lowest BCUT2D eigenvalue weighted by Crippen LogP contribution is -2.12. The van der Waals surface area contributed by atoms with E-state index in [1.807, 2.05) is 20.8 Å². The first-order valence-electron chi connectivity index (χ1n) is 5.53. The lowest BCUT2D eigenvalue weighted by Gasteiger charge is -2.15. The molecule has 0 fully saturated rings. The first kappa shape index (κ1) is 13.2. The van der Waals surface area contributed by atoms with Gasteiger partial charge in [0.2, 0.25) is 0 Å². The van der Waals surface area contributed by atoms with Gasteiger partial charge in [-0.3, -0.25) is 0 Å². The second kappa shape index (κ2) is 6.63. The average molecular weight is 198 g/mol. The second-order valence-electron chi connectivity index (χ2n) is 3.74. The standard InChI is InChI=1S/C12H22O2/c1-5-8-10(7-3)11(12(13)14)9(4)6-2/h9H,5-8H2,1-4H3,(H,13,14). The molecular formula is C12H22O2. The van der Waals surface area contributed by atoms with Gasteiger partial charge in [0.15, 0.2) is 0 Å². The summed E-state index contributed by atoms with van der Waals surface area (Å²) in [6, 6.07) is 0. The second-order valence-corrected chi connectivity index (χ2v) is 3.74. The van der Waals surface area contributed by atoms with Crippen LogP contribution in [0.5, 0.6) is 0 Å². The molecule has 1 unspecified atom stereocenters. The lowest BCUT2D eigenvalue weighted by atomic mass is 9.90. The Balaban J connectivity index is 4.98. The highest BCUT2D eigenvalue weighted by Crippen LogP contribution is 2.23. The normalized spacial score (nSPS) is 14.9. The summed E-state index contributed by atoms with van der Waals surface area (Å²) in [5.74, 6) is -0.557. The van der Waals surface area contributed by atoms with Crippen LogP contribution >= 0.6 is 0 Å². The number of hydrogen-bond donors (Lipinski definition) is 1. The minimum Gasteiger partial charge on any atom is -0.478 e. The number of hydrogen-bond acceptors (Lipinski definition) is 1. The number of allylic oxidation sites excluding steroid dienone is 1. The highest BCUT2D eigenvalue weighted by Gasteiger charge is 2.18. The molecular weight excluding hydrogens is 176 g/mol. The molecule has 0 aromatic rings. The van der Waals surface area contributed by atoms with Crippen molar-refractivity contribution in [2.24, 2.45) is 5.92 Å². The zero-order chi connectivity index (χ0) is 11.1. The molecule has 2 nitrogen and oxygen atoms in total. The van der Waals surface area contributed by atoms with E-state index in [0.29, 0.717) is 5.57 Å². The molecule has 0 radical (unpaired) electrons. The first-order valence-corrected chi connectivity index (χ1v) is 5.53. The molecule has 0 spiro atoms. The van der Waals surface area contributed by atoms with E-state index < -0.39 is 5.97 Å². The fraction of sp³-hybridized carbons (Fsp3) is 0.750. The number of aliphatic carboxylic acids is 1. The molecule has 2 heteroatoms. The van der Waals surface area contributed by atoms with Crippen molar-refractivity contribution in [1.29, 1.82) is 0 Å². The van der Waals surface area contributed by atoms with Crippen LogP contribution in [-0.4, -0.2) is 11.1 Å². The Labute approximate surface area is 87.0 Å². The van der Waals surface area contributed by atoms with Crippen LogP contribution in [0.25, 0.3) is 0 Å². The van der Waals surface area contributed by atoms with Crippen molar-refractivity contribution in [3.05, 3.63) is 11.1 Å². The summed E-state index contributed by atoms with van der Waals surface area (Å²) in [5, 5.41) is 9.15. The molecule has 0 aliphatic heterocycles. The summed E-state index contributed by atoms with van der Waals surface area (Å²) in [6.07, 6.45) is 3.70. The van der Waals surface area contributed by atoms with Gasteiger partial charge >= 0.3 is 5.97 Å². The Morgan fingerprint density at radius 1 is 1.29 bits per heavy atom. The van der Waals surface area contributed by atoms with Gasteiger partial charge < -0.3 is 5.11 Å². The maximum atomic E-state index is 11.1. The van der Waals surface area contributed by atoms with Crippen LogP contribution in [0.15, 0.2) is 11.1 Å². The Morgan fingerprint density at radius 3 is 2.14 bits per heavy atom. The first-order chi connectivity index (χ1) is 6.58. The molecule has 14 heavy (non-hydrogen) atoms. The summed E-state index contributed by atoms with van der Waals surface area (Å²) in [4.78, 5) is 11.1. The third-order valence-electron chi connectivity index (χ3n) is 2.70. The van der Waals surface area contributed by atoms with Crippen LogP contribution in [0.3, 0.4) is 0 Å². The number of carbonyl (C=O) groups is 1. The topological polar surface area (TPSA) is 37.3 Å². The average Bonchev–Trinajstić information content (AvgIpc) is 2.16. The Kier molecular flexibility index (Phi) is 6.26. The zero-order valence-corrected chi connectivity index (χ0v) is 9.76. The molecule has 1 atom stereocenters. The third-order valence-corrected chi connectivity index (χ3v) is 2.70. The minimum absolute atomic E-state index is 0.175. The van der Waals surface area contributed by atoms with E-state index in [4.69, 9.17) is 5.11 Å². The van der Waals surface area contributed by atoms with Crippen molar-refractivity contribution in [2.75, 3.05) is 0 Å². The lowest BCUT2D eigenvalue weighted by molar-refractivity contribution is -0.133. The molecule has 0 aliphatic carbocycles. The molecule has 0 bridgehead atoms. The van der Waals surface area contributed by atoms with E-state index >= 15 is 0 Å². The van der Waals surface area contributed by atoms with Crippen molar-refractivity contribution in [1.82, 2.24) is 0 Å². The van der Waals surface area contributed by atoms with Gasteiger partial charge in [-0.2, -0.15) is 0 Å². The van der Waals surface area contributed by atoms with Crippen LogP contribution in [0.4, 0.5) is 0 Å². The molecule has 0 amide bonds. The van der Waals surface area contributed by atoms with Gasteiger partial charge in [0.25, 0.3) is 0 Å². The Bertz CT molecular complexity index is 216. The largest absolute Gasteiger partial charge is 0.478 e. The van der Waals surface area contributed by atoms with Crippen molar-refractivity contribution in [3.63, 3.8) is 0 Å². The monoisotopic (exact) mass is 198 g/mol. The molecule has 0 aliphatic rings. The van der Waals surface area contributed by atoms with Gasteiger partial charge in [0, 0.05) is 5.57 Å². The molecule has 0 aromatic carbocycles. The molecule has 0 heterocycles. The molecule has 0 aromatic heterocycles. The highest BCUT2D eigenvalue weighted by molar-refractivity contribution is 5.88. The minimum atomic E-state index is -0.732. The van der Waals surface area contributed by atoms with Crippen LogP contribution < -0.4 is 0 Å². The molecule has 1 N–H and O–H groups in total. The molecule has 0 rings (SSSR count). The van der Waals surface area contributed by atoms with Gasteiger partial charge in [-0.15, -0.1) is 0 Å². The number of carboxylic acid groups (broad SMARTS) is 1. The highest BCUT2D eigenvalue weighted by atomic mass is 16.4. The summed E-state index contributed by atoms with van der Waals surface area (Å²) < 4.78 is 0. The fourth-order valence-electron chi connectivity index (χ4n) is 1.72. The van der Waals surface area contributed by atoms with E-state index in [-0.39, 0.29) is 5.92 Å². The zero-order valence-electron chi connectivity index (χ0n) is 9.76. The van der Waals surface area contributed by atoms with Gasteiger partial charge in [-0.05, 0) is 25.2 Å². The van der Waals surface area contributed by atoms with Crippen molar-refractivity contribution < 1.29 is 9.90 Å². The van der Waals surface area contributed by atoms with Crippen LogP contribution in [0.2, 0.25) is 0 Å². The summed E-state index contributed by atoms with van der Waals surface area (Å²) in [7, 11) is 0. The van der Waals surface area contributed by atoms with Gasteiger partial charge in [0.05, 0.1) is 0 Å². The molecule has 0 saturated carbocycles. The maximum absolute atomic E-state index is 11.1. The SMILES string of the molecule is CCCC(CC)=C(C(=O)O)C(C)CC. The van der Waals surface area contributed by atoms with Crippen molar-refractivity contribution in [2.45, 2.75) is 53.4 Å². The number of carboxylic acids is 1. The van der Waals surface area contributed by atoms with E-state index in [0.717, 1.165) is 31.3 Å². The quantitative estimate of drug-likeness (QED) is 0.662. The predicted molar refractivity (Wildman–Crippen MR) is 59.3 cm³/mol. The Hall–Kier alpha value is -0.790. The van der Waals surface area contributed by atoms with E-state index in [1.54, 1.807) is 0 Å². The van der Waals surface area contributed by atoms with Crippen LogP contribution in [-0.2, 0) is 4.79 Å². The fourth-order valence-corrected chi connectivity index (χ4v) is 1.72. The van der Waals surface area contributed by atoms with Crippen LogP contribution in [0.1, 0.15) is 53.4 Å². The van der Waals surface area contributed by atoms with E-state index in [2.05, 4.69) is 6.92 Å². The summed E-state index contributed by atoms with van der Waals surface area (Å²) >= 11 is 0. The summed E-state index contributed by atoms with van der Waals surface area (Å²) in [6.45, 7) is 8.16. The van der Waals surface area contributed by atoms with Gasteiger partial charge in [-0.25, -0.2) is 4.79 Å². The summed E-state index contributed by atoms with van der Waals surface area (Å²) in [5.41, 5.74) is 1.77. The van der Waals surface area contributed by atoms with E-state index in [9.17, 15) is 4.79 Å². The van der Waals surface area contributed by atoms with Gasteiger partial charge in [0.1, 0.15) is 0 Å². The predicted octanol–water partition coefficient (Wildman–Crippen LogP) is 3.62. The molecule has 0 saturated heterocycles. The van der Waals surface area contributed by atoms with Crippen LogP contribution in [0, 0.1) is 5.92 Å². The smallest absolute Gasteiger partial charge is 0.331 e. The third kappa shape index (κ3) is 3.52. The number of rotatable bonds is 6. The van der Waals surface area contributed by atoms with Gasteiger partial charge in [-0.1, -0.05) is 39.7 Å². The van der Waals surface area contributed by atoms with Crippen molar-refractivity contribution >= 4 is 5.97 Å². The van der Waals surface area contributed by atoms with E-state index in [1.165, 1.54) is 0 Å². The maximum Gasteiger partial charge on any atom is 0.331 e. The van der Waals surface area contributed by atoms with Crippen molar-refractivity contribution in [3.8, 4) is 0 Å². The molecule has 82 valence electrons.